The molecule has 1 aromatic heterocycles. The van der Waals surface area contributed by atoms with E-state index < -0.39 is 0 Å². The SMILES string of the molecule is CCCCCOc1ccc(/C=N\Nc2cc(-c3ccccc3)nc(-c3ccccc3)n2)cc1. The molecule has 33 heavy (non-hydrogen) atoms. The van der Waals surface area contributed by atoms with Gasteiger partial charge in [0.1, 0.15) is 5.75 Å². The second-order valence-corrected chi connectivity index (χ2v) is 7.69. The third-order valence-corrected chi connectivity index (χ3v) is 5.12. The van der Waals surface area contributed by atoms with Gasteiger partial charge in [0, 0.05) is 17.2 Å². The van der Waals surface area contributed by atoms with Crippen molar-refractivity contribution in [1.82, 2.24) is 9.97 Å². The van der Waals surface area contributed by atoms with Crippen LogP contribution in [-0.2, 0) is 0 Å². The molecular weight excluding hydrogens is 408 g/mol. The molecule has 0 fully saturated rings. The lowest BCUT2D eigenvalue weighted by atomic mass is 10.1. The summed E-state index contributed by atoms with van der Waals surface area (Å²) >= 11 is 0. The van der Waals surface area contributed by atoms with Crippen LogP contribution in [0.15, 0.2) is 96.1 Å². The van der Waals surface area contributed by atoms with E-state index in [9.17, 15) is 0 Å². The topological polar surface area (TPSA) is 59.4 Å². The lowest BCUT2D eigenvalue weighted by molar-refractivity contribution is 0.306. The average Bonchev–Trinajstić information content (AvgIpc) is 2.88. The molecule has 0 unspecified atom stereocenters. The maximum atomic E-state index is 5.77. The van der Waals surface area contributed by atoms with Crippen molar-refractivity contribution in [2.75, 3.05) is 12.0 Å². The number of unbranched alkanes of at least 4 members (excludes halogenated alkanes) is 2. The number of hydrazone groups is 1. The zero-order valence-electron chi connectivity index (χ0n) is 18.8. The first-order valence-corrected chi connectivity index (χ1v) is 11.3. The van der Waals surface area contributed by atoms with Crippen LogP contribution in [0, 0.1) is 0 Å². The summed E-state index contributed by atoms with van der Waals surface area (Å²) in [5.74, 6) is 2.17. The molecule has 0 saturated carbocycles. The normalized spacial score (nSPS) is 10.9. The number of hydrogen-bond acceptors (Lipinski definition) is 5. The Morgan fingerprint density at radius 2 is 1.52 bits per heavy atom. The lowest BCUT2D eigenvalue weighted by Gasteiger charge is -2.08. The van der Waals surface area contributed by atoms with E-state index in [1.54, 1.807) is 6.21 Å². The van der Waals surface area contributed by atoms with Gasteiger partial charge in [-0.15, -0.1) is 0 Å². The van der Waals surface area contributed by atoms with Crippen LogP contribution in [0.5, 0.6) is 5.75 Å². The molecular formula is C28H28N4O. The van der Waals surface area contributed by atoms with Gasteiger partial charge < -0.3 is 4.74 Å². The lowest BCUT2D eigenvalue weighted by Crippen LogP contribution is -1.99. The number of anilines is 1. The fraction of sp³-hybridized carbons (Fsp3) is 0.179. The van der Waals surface area contributed by atoms with E-state index in [0.29, 0.717) is 11.6 Å². The van der Waals surface area contributed by atoms with Crippen LogP contribution < -0.4 is 10.2 Å². The molecule has 0 amide bonds. The second-order valence-electron chi connectivity index (χ2n) is 7.69. The molecule has 0 saturated heterocycles. The van der Waals surface area contributed by atoms with E-state index in [-0.39, 0.29) is 0 Å². The fourth-order valence-electron chi connectivity index (χ4n) is 3.34. The predicted molar refractivity (Wildman–Crippen MR) is 136 cm³/mol. The van der Waals surface area contributed by atoms with Crippen molar-refractivity contribution in [3.8, 4) is 28.4 Å². The van der Waals surface area contributed by atoms with Crippen molar-refractivity contribution in [2.45, 2.75) is 26.2 Å². The smallest absolute Gasteiger partial charge is 0.162 e. The zero-order valence-corrected chi connectivity index (χ0v) is 18.8. The van der Waals surface area contributed by atoms with Crippen LogP contribution in [0.25, 0.3) is 22.6 Å². The highest BCUT2D eigenvalue weighted by molar-refractivity contribution is 5.80. The average molecular weight is 437 g/mol. The molecule has 0 bridgehead atoms. The summed E-state index contributed by atoms with van der Waals surface area (Å²) in [5.41, 5.74) is 6.86. The summed E-state index contributed by atoms with van der Waals surface area (Å²) in [4.78, 5) is 9.44. The van der Waals surface area contributed by atoms with Crippen molar-refractivity contribution < 1.29 is 4.74 Å². The predicted octanol–water partition coefficient (Wildman–Crippen LogP) is 6.83. The van der Waals surface area contributed by atoms with E-state index in [4.69, 9.17) is 9.72 Å². The van der Waals surface area contributed by atoms with Gasteiger partial charge in [-0.3, -0.25) is 5.43 Å². The molecule has 1 heterocycles. The Bertz CT molecular complexity index is 1100. The third-order valence-electron chi connectivity index (χ3n) is 5.12. The zero-order chi connectivity index (χ0) is 22.7. The molecule has 0 spiro atoms. The number of nitrogens with one attached hydrogen (secondary N) is 1. The molecule has 0 aliphatic carbocycles. The molecule has 4 aromatic rings. The quantitative estimate of drug-likeness (QED) is 0.168. The third kappa shape index (κ3) is 6.50. The largest absolute Gasteiger partial charge is 0.494 e. The first-order chi connectivity index (χ1) is 16.3. The number of hydrogen-bond donors (Lipinski definition) is 1. The number of nitrogens with zero attached hydrogens (tertiary/aromatic N) is 3. The Morgan fingerprint density at radius 1 is 0.818 bits per heavy atom. The van der Waals surface area contributed by atoms with Crippen LogP contribution in [-0.4, -0.2) is 22.8 Å². The van der Waals surface area contributed by atoms with Gasteiger partial charge in [0.05, 0.1) is 18.5 Å². The molecule has 0 aliphatic rings. The molecule has 0 atom stereocenters. The van der Waals surface area contributed by atoms with Crippen LogP contribution in [0.2, 0.25) is 0 Å². The molecule has 1 N–H and O–H groups in total. The van der Waals surface area contributed by atoms with Crippen LogP contribution in [0.1, 0.15) is 31.7 Å². The molecule has 5 heteroatoms. The minimum atomic E-state index is 0.634. The van der Waals surface area contributed by atoms with E-state index in [2.05, 4.69) is 22.4 Å². The maximum Gasteiger partial charge on any atom is 0.162 e. The highest BCUT2D eigenvalue weighted by Gasteiger charge is 2.08. The van der Waals surface area contributed by atoms with Crippen molar-refractivity contribution in [3.63, 3.8) is 0 Å². The standard InChI is InChI=1S/C28H28N4O/c1-2-3-10-19-33-25-17-15-22(16-18-25)21-29-32-27-20-26(23-11-6-4-7-12-23)30-28(31-27)24-13-8-5-9-14-24/h4-9,11-18,20-21H,2-3,10,19H2,1H3,(H,30,31,32)/b29-21-. The minimum absolute atomic E-state index is 0.634. The van der Waals surface area contributed by atoms with Gasteiger partial charge in [-0.25, -0.2) is 9.97 Å². The van der Waals surface area contributed by atoms with E-state index in [1.807, 2.05) is 91.0 Å². The molecule has 4 rings (SSSR count). The van der Waals surface area contributed by atoms with E-state index in [0.717, 1.165) is 41.2 Å². The Balaban J connectivity index is 1.48. The summed E-state index contributed by atoms with van der Waals surface area (Å²) in [6.45, 7) is 2.94. The van der Waals surface area contributed by atoms with Crippen LogP contribution in [0.3, 0.4) is 0 Å². The van der Waals surface area contributed by atoms with Crippen molar-refractivity contribution in [3.05, 3.63) is 96.6 Å². The van der Waals surface area contributed by atoms with Gasteiger partial charge in [-0.05, 0) is 36.2 Å². The van der Waals surface area contributed by atoms with Crippen molar-refractivity contribution in [2.24, 2.45) is 5.10 Å². The Labute approximate surface area is 195 Å². The number of aromatic nitrogens is 2. The van der Waals surface area contributed by atoms with Gasteiger partial charge in [0.2, 0.25) is 0 Å². The first kappa shape index (κ1) is 22.2. The van der Waals surface area contributed by atoms with Crippen LogP contribution >= 0.6 is 0 Å². The number of benzene rings is 3. The fourth-order valence-corrected chi connectivity index (χ4v) is 3.34. The minimum Gasteiger partial charge on any atom is -0.494 e. The summed E-state index contributed by atoms with van der Waals surface area (Å²) in [6, 6.07) is 29.9. The summed E-state index contributed by atoms with van der Waals surface area (Å²) in [6.07, 6.45) is 5.24. The first-order valence-electron chi connectivity index (χ1n) is 11.3. The Kier molecular flexibility index (Phi) is 7.79. The van der Waals surface area contributed by atoms with E-state index >= 15 is 0 Å². The highest BCUT2D eigenvalue weighted by atomic mass is 16.5. The van der Waals surface area contributed by atoms with Crippen LogP contribution in [0.4, 0.5) is 5.82 Å². The molecule has 166 valence electrons. The van der Waals surface area contributed by atoms with Crippen molar-refractivity contribution >= 4 is 12.0 Å². The molecule has 0 radical (unpaired) electrons. The van der Waals surface area contributed by atoms with Gasteiger partial charge in [-0.1, -0.05) is 80.4 Å². The summed E-state index contributed by atoms with van der Waals surface area (Å²) < 4.78 is 5.77. The number of ether oxygens (including phenoxy) is 1. The van der Waals surface area contributed by atoms with Gasteiger partial charge >= 0.3 is 0 Å². The van der Waals surface area contributed by atoms with Gasteiger partial charge in [0.15, 0.2) is 11.6 Å². The number of rotatable bonds is 10. The highest BCUT2D eigenvalue weighted by Crippen LogP contribution is 2.24. The van der Waals surface area contributed by atoms with Gasteiger partial charge in [0.25, 0.3) is 0 Å². The molecule has 5 nitrogen and oxygen atoms in total. The summed E-state index contributed by atoms with van der Waals surface area (Å²) in [7, 11) is 0. The Hall–Kier alpha value is -3.99. The molecule has 3 aromatic carbocycles. The van der Waals surface area contributed by atoms with Crippen molar-refractivity contribution in [1.29, 1.82) is 0 Å². The maximum absolute atomic E-state index is 5.77. The Morgan fingerprint density at radius 3 is 2.21 bits per heavy atom. The van der Waals surface area contributed by atoms with E-state index in [1.165, 1.54) is 12.8 Å². The second kappa shape index (κ2) is 11.6. The molecule has 0 aliphatic heterocycles. The van der Waals surface area contributed by atoms with Gasteiger partial charge in [-0.2, -0.15) is 5.10 Å². The summed E-state index contributed by atoms with van der Waals surface area (Å²) in [5, 5.41) is 4.39. The monoisotopic (exact) mass is 436 g/mol.